The Kier molecular flexibility index (Phi) is 4.94. The van der Waals surface area contributed by atoms with E-state index in [1.165, 1.54) is 12.1 Å². The predicted octanol–water partition coefficient (Wildman–Crippen LogP) is 1.99. The quantitative estimate of drug-likeness (QED) is 0.827. The highest BCUT2D eigenvalue weighted by Gasteiger charge is 2.31. The number of hydrogen-bond acceptors (Lipinski definition) is 5. The molecule has 1 saturated heterocycles. The van der Waals surface area contributed by atoms with Crippen LogP contribution in [0.4, 0.5) is 13.2 Å². The van der Waals surface area contributed by atoms with Crippen LogP contribution in [0.5, 0.6) is 0 Å². The molecule has 140 valence electrons. The van der Waals surface area contributed by atoms with E-state index in [1.54, 1.807) is 4.90 Å². The van der Waals surface area contributed by atoms with Gasteiger partial charge in [0.05, 0.1) is 17.8 Å². The lowest BCUT2D eigenvalue weighted by atomic mass is 10.1. The average molecular weight is 369 g/mol. The Morgan fingerprint density at radius 2 is 1.96 bits per heavy atom. The Hall–Kier alpha value is -2.49. The largest absolute Gasteiger partial charge is 0.416 e. The Morgan fingerprint density at radius 3 is 2.62 bits per heavy atom. The molecule has 0 spiro atoms. The molecule has 3 rings (SSSR count). The van der Waals surface area contributed by atoms with E-state index in [2.05, 4.69) is 15.4 Å². The van der Waals surface area contributed by atoms with Gasteiger partial charge in [0.25, 0.3) is 0 Å². The molecule has 2 heterocycles. The number of alkyl halides is 3. The third-order valence-corrected chi connectivity index (χ3v) is 3.95. The lowest BCUT2D eigenvalue weighted by Crippen LogP contribution is -2.49. The molecule has 26 heavy (non-hydrogen) atoms. The first-order valence-electron chi connectivity index (χ1n) is 8.11. The van der Waals surface area contributed by atoms with Crippen molar-refractivity contribution in [2.75, 3.05) is 13.1 Å². The number of morpholine rings is 1. The van der Waals surface area contributed by atoms with Gasteiger partial charge in [0.2, 0.25) is 11.7 Å². The van der Waals surface area contributed by atoms with Crippen molar-refractivity contribution in [3.05, 3.63) is 29.8 Å². The number of ether oxygens (including phenoxy) is 1. The van der Waals surface area contributed by atoms with Crippen molar-refractivity contribution in [2.45, 2.75) is 38.8 Å². The SMILES string of the molecule is C[C@@H]1CN(C(=O)Cn2nnc(-c3cccc(C(F)(F)F)c3)n2)C[C@H](C)O1. The summed E-state index contributed by atoms with van der Waals surface area (Å²) in [5.41, 5.74) is -0.606. The number of halogens is 3. The fraction of sp³-hybridized carbons (Fsp3) is 0.500. The van der Waals surface area contributed by atoms with Crippen LogP contribution in [0.25, 0.3) is 11.4 Å². The van der Waals surface area contributed by atoms with Crippen LogP contribution in [0.15, 0.2) is 24.3 Å². The Balaban J connectivity index is 1.71. The van der Waals surface area contributed by atoms with Crippen LogP contribution in [-0.4, -0.2) is 56.3 Å². The van der Waals surface area contributed by atoms with Gasteiger partial charge in [-0.1, -0.05) is 12.1 Å². The zero-order chi connectivity index (χ0) is 18.9. The molecule has 1 aliphatic heterocycles. The van der Waals surface area contributed by atoms with Crippen molar-refractivity contribution in [3.63, 3.8) is 0 Å². The second-order valence-electron chi connectivity index (χ2n) is 6.28. The first-order chi connectivity index (χ1) is 12.2. The van der Waals surface area contributed by atoms with Crippen LogP contribution in [0.2, 0.25) is 0 Å². The third-order valence-electron chi connectivity index (χ3n) is 3.95. The fourth-order valence-corrected chi connectivity index (χ4v) is 2.86. The summed E-state index contributed by atoms with van der Waals surface area (Å²) in [6, 6.07) is 4.66. The normalized spacial score (nSPS) is 21.0. The third kappa shape index (κ3) is 4.18. The number of tetrazole rings is 1. The van der Waals surface area contributed by atoms with Gasteiger partial charge < -0.3 is 9.64 Å². The van der Waals surface area contributed by atoms with E-state index in [9.17, 15) is 18.0 Å². The van der Waals surface area contributed by atoms with Crippen LogP contribution in [0.3, 0.4) is 0 Å². The van der Waals surface area contributed by atoms with E-state index >= 15 is 0 Å². The number of carbonyl (C=O) groups excluding carboxylic acids is 1. The maximum atomic E-state index is 12.8. The molecular weight excluding hydrogens is 351 g/mol. The van der Waals surface area contributed by atoms with Gasteiger partial charge in [-0.05, 0) is 31.2 Å². The van der Waals surface area contributed by atoms with Crippen LogP contribution in [-0.2, 0) is 22.3 Å². The summed E-state index contributed by atoms with van der Waals surface area (Å²) in [5.74, 6) is -0.160. The number of carbonyl (C=O) groups is 1. The molecule has 2 aromatic rings. The number of benzene rings is 1. The molecular formula is C16H18F3N5O2. The summed E-state index contributed by atoms with van der Waals surface area (Å²) in [5, 5.41) is 11.6. The lowest BCUT2D eigenvalue weighted by Gasteiger charge is -2.35. The number of hydrogen-bond donors (Lipinski definition) is 0. The first-order valence-corrected chi connectivity index (χ1v) is 8.11. The minimum atomic E-state index is -4.45. The molecule has 1 aromatic heterocycles. The van der Waals surface area contributed by atoms with Gasteiger partial charge in [-0.3, -0.25) is 4.79 Å². The molecule has 1 amide bonds. The van der Waals surface area contributed by atoms with Crippen LogP contribution < -0.4 is 0 Å². The minimum Gasteiger partial charge on any atom is -0.372 e. The number of rotatable bonds is 3. The Bertz CT molecular complexity index is 782. The standard InChI is InChI=1S/C16H18F3N5O2/c1-10-7-23(8-11(2)26-10)14(25)9-24-21-15(20-22-24)12-4-3-5-13(6-12)16(17,18)19/h3-6,10-11H,7-9H2,1-2H3/t10-,11+. The summed E-state index contributed by atoms with van der Waals surface area (Å²) in [6.45, 7) is 4.58. The van der Waals surface area contributed by atoms with E-state index in [0.29, 0.717) is 13.1 Å². The highest BCUT2D eigenvalue weighted by molar-refractivity contribution is 5.76. The molecule has 1 aromatic carbocycles. The summed E-state index contributed by atoms with van der Waals surface area (Å²) < 4.78 is 44.0. The fourth-order valence-electron chi connectivity index (χ4n) is 2.86. The molecule has 0 aliphatic carbocycles. The molecule has 0 saturated carbocycles. The maximum Gasteiger partial charge on any atom is 0.416 e. The van der Waals surface area contributed by atoms with Gasteiger partial charge in [0.15, 0.2) is 0 Å². The van der Waals surface area contributed by atoms with Gasteiger partial charge in [-0.25, -0.2) is 0 Å². The van der Waals surface area contributed by atoms with E-state index in [1.807, 2.05) is 13.8 Å². The Labute approximate surface area is 147 Å². The lowest BCUT2D eigenvalue weighted by molar-refractivity contribution is -0.144. The molecule has 1 fully saturated rings. The zero-order valence-electron chi connectivity index (χ0n) is 14.3. The topological polar surface area (TPSA) is 73.1 Å². The number of nitrogens with zero attached hydrogens (tertiary/aromatic N) is 5. The summed E-state index contributed by atoms with van der Waals surface area (Å²) in [6.07, 6.45) is -4.58. The van der Waals surface area contributed by atoms with E-state index < -0.39 is 11.7 Å². The second-order valence-corrected chi connectivity index (χ2v) is 6.28. The Morgan fingerprint density at radius 1 is 1.27 bits per heavy atom. The van der Waals surface area contributed by atoms with Crippen LogP contribution in [0, 0.1) is 0 Å². The van der Waals surface area contributed by atoms with Gasteiger partial charge in [0, 0.05) is 18.7 Å². The average Bonchev–Trinajstić information content (AvgIpc) is 3.02. The van der Waals surface area contributed by atoms with Crippen molar-refractivity contribution in [2.24, 2.45) is 0 Å². The minimum absolute atomic E-state index is 0.0348. The summed E-state index contributed by atoms with van der Waals surface area (Å²) >= 11 is 0. The van der Waals surface area contributed by atoms with Crippen LogP contribution in [0.1, 0.15) is 19.4 Å². The smallest absolute Gasteiger partial charge is 0.372 e. The van der Waals surface area contributed by atoms with Crippen molar-refractivity contribution < 1.29 is 22.7 Å². The number of amides is 1. The molecule has 0 unspecified atom stereocenters. The molecule has 0 radical (unpaired) electrons. The summed E-state index contributed by atoms with van der Waals surface area (Å²) in [4.78, 5) is 15.1. The van der Waals surface area contributed by atoms with Crippen LogP contribution >= 0.6 is 0 Å². The molecule has 7 nitrogen and oxygen atoms in total. The van der Waals surface area contributed by atoms with Gasteiger partial charge in [-0.15, -0.1) is 10.2 Å². The number of aromatic nitrogens is 4. The maximum absolute atomic E-state index is 12.8. The molecule has 2 atom stereocenters. The highest BCUT2D eigenvalue weighted by Crippen LogP contribution is 2.31. The summed E-state index contributed by atoms with van der Waals surface area (Å²) in [7, 11) is 0. The van der Waals surface area contributed by atoms with Crippen molar-refractivity contribution in [1.29, 1.82) is 0 Å². The highest BCUT2D eigenvalue weighted by atomic mass is 19.4. The molecule has 0 bridgehead atoms. The predicted molar refractivity (Wildman–Crippen MR) is 84.8 cm³/mol. The van der Waals surface area contributed by atoms with Gasteiger partial charge in [-0.2, -0.15) is 18.0 Å². The first kappa shape index (κ1) is 18.3. The zero-order valence-corrected chi connectivity index (χ0v) is 14.3. The van der Waals surface area contributed by atoms with E-state index in [-0.39, 0.29) is 36.0 Å². The van der Waals surface area contributed by atoms with Crippen molar-refractivity contribution >= 4 is 5.91 Å². The second kappa shape index (κ2) is 7.02. The molecule has 1 aliphatic rings. The molecule has 10 heteroatoms. The van der Waals surface area contributed by atoms with Gasteiger partial charge >= 0.3 is 6.18 Å². The molecule has 0 N–H and O–H groups in total. The monoisotopic (exact) mass is 369 g/mol. The van der Waals surface area contributed by atoms with Gasteiger partial charge in [0.1, 0.15) is 6.54 Å². The van der Waals surface area contributed by atoms with E-state index in [0.717, 1.165) is 16.9 Å². The van der Waals surface area contributed by atoms with Crippen molar-refractivity contribution in [1.82, 2.24) is 25.1 Å². The van der Waals surface area contributed by atoms with E-state index in [4.69, 9.17) is 4.74 Å². The van der Waals surface area contributed by atoms with Crippen molar-refractivity contribution in [3.8, 4) is 11.4 Å².